The van der Waals surface area contributed by atoms with E-state index >= 15 is 0 Å². The van der Waals surface area contributed by atoms with E-state index in [0.29, 0.717) is 25.0 Å². The molecular weight excluding hydrogens is 370 g/mol. The molecule has 2 heterocycles. The van der Waals surface area contributed by atoms with Crippen molar-refractivity contribution in [3.8, 4) is 0 Å². The number of nitrogens with one attached hydrogen (secondary N) is 2. The van der Waals surface area contributed by atoms with Crippen LogP contribution < -0.4 is 10.6 Å². The molecule has 2 saturated heterocycles. The van der Waals surface area contributed by atoms with E-state index < -0.39 is 0 Å². The topological polar surface area (TPSA) is 86.3 Å². The molecule has 1 saturated carbocycles. The first-order valence-electron chi connectivity index (χ1n) is 11.2. The summed E-state index contributed by atoms with van der Waals surface area (Å²) in [5.41, 5.74) is 0. The maximum absolute atomic E-state index is 12.8. The van der Waals surface area contributed by atoms with Crippen molar-refractivity contribution in [2.45, 2.75) is 63.5 Å². The molecule has 2 aliphatic heterocycles. The SMILES string of the molecule is CN(C)C(=O)CN=C(NCC1CCCO1)NC1CCN(C(=O)C2CCCCC2)C1. The van der Waals surface area contributed by atoms with Crippen molar-refractivity contribution >= 4 is 17.8 Å². The Labute approximate surface area is 174 Å². The molecule has 8 nitrogen and oxygen atoms in total. The minimum absolute atomic E-state index is 0.0382. The number of carbonyl (C=O) groups is 2. The first-order valence-corrected chi connectivity index (χ1v) is 11.2. The molecule has 2 unspecified atom stereocenters. The van der Waals surface area contributed by atoms with Gasteiger partial charge in [0.05, 0.1) is 6.10 Å². The van der Waals surface area contributed by atoms with Gasteiger partial charge in [0.25, 0.3) is 0 Å². The van der Waals surface area contributed by atoms with Crippen molar-refractivity contribution in [3.63, 3.8) is 0 Å². The van der Waals surface area contributed by atoms with Crippen molar-refractivity contribution in [2.75, 3.05) is 46.9 Å². The Bertz CT molecular complexity index is 583. The van der Waals surface area contributed by atoms with E-state index in [1.54, 1.807) is 19.0 Å². The molecule has 0 aromatic rings. The third-order valence-electron chi connectivity index (χ3n) is 6.19. The molecule has 0 bridgehead atoms. The monoisotopic (exact) mass is 407 g/mol. The zero-order chi connectivity index (χ0) is 20.6. The second-order valence-electron chi connectivity index (χ2n) is 8.72. The lowest BCUT2D eigenvalue weighted by Crippen LogP contribution is -2.47. The van der Waals surface area contributed by atoms with Crippen LogP contribution >= 0.6 is 0 Å². The number of guanidine groups is 1. The third kappa shape index (κ3) is 6.59. The minimum atomic E-state index is -0.0382. The number of hydrogen-bond donors (Lipinski definition) is 2. The average molecular weight is 408 g/mol. The van der Waals surface area contributed by atoms with Crippen LogP contribution in [-0.2, 0) is 14.3 Å². The van der Waals surface area contributed by atoms with E-state index in [1.165, 1.54) is 19.3 Å². The van der Waals surface area contributed by atoms with E-state index in [-0.39, 0.29) is 30.5 Å². The number of aliphatic imine (C=N–C) groups is 1. The maximum Gasteiger partial charge on any atom is 0.243 e. The van der Waals surface area contributed by atoms with Crippen LogP contribution in [0.15, 0.2) is 4.99 Å². The standard InChI is InChI=1S/C21H37N5O3/c1-25(2)19(27)14-23-21(22-13-18-9-6-12-29-18)24-17-10-11-26(15-17)20(28)16-7-4-3-5-8-16/h16-18H,3-15H2,1-2H3,(H2,22,23,24). The first-order chi connectivity index (χ1) is 14.0. The number of amides is 2. The van der Waals surface area contributed by atoms with E-state index in [4.69, 9.17) is 4.74 Å². The Morgan fingerprint density at radius 3 is 2.59 bits per heavy atom. The van der Waals surface area contributed by atoms with Crippen molar-refractivity contribution in [1.29, 1.82) is 0 Å². The normalized spacial score (nSPS) is 25.9. The van der Waals surface area contributed by atoms with Gasteiger partial charge in [-0.3, -0.25) is 9.59 Å². The number of likely N-dealkylation sites (tertiary alicyclic amines) is 1. The van der Waals surface area contributed by atoms with Crippen molar-refractivity contribution in [1.82, 2.24) is 20.4 Å². The lowest BCUT2D eigenvalue weighted by atomic mass is 9.88. The van der Waals surface area contributed by atoms with Crippen LogP contribution in [0.5, 0.6) is 0 Å². The second kappa shape index (κ2) is 10.8. The number of likely N-dealkylation sites (N-methyl/N-ethyl adjacent to an activating group) is 1. The molecule has 0 aromatic carbocycles. The van der Waals surface area contributed by atoms with Gasteiger partial charge in [0, 0.05) is 52.3 Å². The molecular formula is C21H37N5O3. The molecule has 2 amide bonds. The van der Waals surface area contributed by atoms with Crippen molar-refractivity contribution < 1.29 is 14.3 Å². The fourth-order valence-corrected chi connectivity index (χ4v) is 4.34. The van der Waals surface area contributed by atoms with Crippen LogP contribution in [0.25, 0.3) is 0 Å². The maximum atomic E-state index is 12.8. The molecule has 1 aliphatic carbocycles. The summed E-state index contributed by atoms with van der Waals surface area (Å²) in [5.74, 6) is 1.13. The average Bonchev–Trinajstić information content (AvgIpc) is 3.42. The molecule has 3 fully saturated rings. The van der Waals surface area contributed by atoms with Crippen LogP contribution in [0.3, 0.4) is 0 Å². The van der Waals surface area contributed by atoms with Crippen LogP contribution in [0.2, 0.25) is 0 Å². The van der Waals surface area contributed by atoms with Gasteiger partial charge in [-0.1, -0.05) is 19.3 Å². The van der Waals surface area contributed by atoms with Crippen LogP contribution in [0, 0.1) is 5.92 Å². The predicted octanol–water partition coefficient (Wildman–Crippen LogP) is 0.970. The van der Waals surface area contributed by atoms with Gasteiger partial charge in [-0.05, 0) is 32.1 Å². The Kier molecular flexibility index (Phi) is 8.15. The summed E-state index contributed by atoms with van der Waals surface area (Å²) < 4.78 is 5.68. The summed E-state index contributed by atoms with van der Waals surface area (Å²) >= 11 is 0. The van der Waals surface area contributed by atoms with Crippen molar-refractivity contribution in [3.05, 3.63) is 0 Å². The first kappa shape index (κ1) is 21.9. The second-order valence-corrected chi connectivity index (χ2v) is 8.72. The van der Waals surface area contributed by atoms with E-state index in [2.05, 4.69) is 15.6 Å². The third-order valence-corrected chi connectivity index (χ3v) is 6.19. The highest BCUT2D eigenvalue weighted by Crippen LogP contribution is 2.26. The number of nitrogens with zero attached hydrogens (tertiary/aromatic N) is 3. The number of ether oxygens (including phenoxy) is 1. The van der Waals surface area contributed by atoms with Gasteiger partial charge in [0.1, 0.15) is 6.54 Å². The fourth-order valence-electron chi connectivity index (χ4n) is 4.34. The Hall–Kier alpha value is -1.83. The van der Waals surface area contributed by atoms with Crippen LogP contribution in [0.4, 0.5) is 0 Å². The summed E-state index contributed by atoms with van der Waals surface area (Å²) in [6.45, 7) is 3.09. The highest BCUT2D eigenvalue weighted by Gasteiger charge is 2.32. The quantitative estimate of drug-likeness (QED) is 0.506. The number of carbonyl (C=O) groups excluding carboxylic acids is 2. The molecule has 0 spiro atoms. The predicted molar refractivity (Wildman–Crippen MR) is 113 cm³/mol. The molecule has 0 aromatic heterocycles. The van der Waals surface area contributed by atoms with E-state index in [0.717, 1.165) is 45.3 Å². The molecule has 2 atom stereocenters. The lowest BCUT2D eigenvalue weighted by molar-refractivity contribution is -0.135. The smallest absolute Gasteiger partial charge is 0.243 e. The minimum Gasteiger partial charge on any atom is -0.376 e. The fraction of sp³-hybridized carbons (Fsp3) is 0.857. The van der Waals surface area contributed by atoms with Gasteiger partial charge in [0.15, 0.2) is 5.96 Å². The summed E-state index contributed by atoms with van der Waals surface area (Å²) in [7, 11) is 3.47. The van der Waals surface area contributed by atoms with Crippen LogP contribution in [-0.4, -0.2) is 86.6 Å². The Balaban J connectivity index is 1.52. The molecule has 29 heavy (non-hydrogen) atoms. The van der Waals surface area contributed by atoms with Gasteiger partial charge >= 0.3 is 0 Å². The van der Waals surface area contributed by atoms with Gasteiger partial charge in [0.2, 0.25) is 11.8 Å². The van der Waals surface area contributed by atoms with Gasteiger partial charge < -0.3 is 25.2 Å². The molecule has 2 N–H and O–H groups in total. The molecule has 0 radical (unpaired) electrons. The summed E-state index contributed by atoms with van der Waals surface area (Å²) in [6.07, 6.45) is 8.92. The summed E-state index contributed by atoms with van der Waals surface area (Å²) in [5, 5.41) is 6.77. The highest BCUT2D eigenvalue weighted by molar-refractivity contribution is 5.85. The Morgan fingerprint density at radius 1 is 1.10 bits per heavy atom. The largest absolute Gasteiger partial charge is 0.376 e. The van der Waals surface area contributed by atoms with E-state index in [1.807, 2.05) is 4.90 Å². The van der Waals surface area contributed by atoms with Gasteiger partial charge in [-0.25, -0.2) is 4.99 Å². The van der Waals surface area contributed by atoms with E-state index in [9.17, 15) is 9.59 Å². The molecule has 8 heteroatoms. The van der Waals surface area contributed by atoms with Crippen LogP contribution in [0.1, 0.15) is 51.4 Å². The zero-order valence-corrected chi connectivity index (χ0v) is 18.0. The Morgan fingerprint density at radius 2 is 1.90 bits per heavy atom. The summed E-state index contributed by atoms with van der Waals surface area (Å²) in [6, 6.07) is 0.160. The van der Waals surface area contributed by atoms with Gasteiger partial charge in [-0.15, -0.1) is 0 Å². The van der Waals surface area contributed by atoms with Crippen molar-refractivity contribution in [2.24, 2.45) is 10.9 Å². The molecule has 164 valence electrons. The lowest BCUT2D eigenvalue weighted by Gasteiger charge is -2.26. The zero-order valence-electron chi connectivity index (χ0n) is 18.0. The number of rotatable bonds is 6. The highest BCUT2D eigenvalue weighted by atomic mass is 16.5. The molecule has 3 aliphatic rings. The molecule has 3 rings (SSSR count). The summed E-state index contributed by atoms with van der Waals surface area (Å²) in [4.78, 5) is 32.8. The number of hydrogen-bond acceptors (Lipinski definition) is 4. The van der Waals surface area contributed by atoms with Gasteiger partial charge in [-0.2, -0.15) is 0 Å².